The summed E-state index contributed by atoms with van der Waals surface area (Å²) in [6.07, 6.45) is 0. The van der Waals surface area contributed by atoms with Crippen LogP contribution in [0.1, 0.15) is 16.7 Å². The second-order valence-corrected chi connectivity index (χ2v) is 7.62. The van der Waals surface area contributed by atoms with E-state index in [-0.39, 0.29) is 13.2 Å². The minimum absolute atomic E-state index is 0.124. The van der Waals surface area contributed by atoms with E-state index in [9.17, 15) is 9.90 Å². The molecule has 2 heterocycles. The summed E-state index contributed by atoms with van der Waals surface area (Å²) in [4.78, 5) is 12.2. The van der Waals surface area contributed by atoms with Crippen LogP contribution >= 0.6 is 11.6 Å². The molecule has 0 amide bonds. The van der Waals surface area contributed by atoms with Crippen LogP contribution in [0.15, 0.2) is 72.8 Å². The van der Waals surface area contributed by atoms with Crippen LogP contribution in [0.5, 0.6) is 11.5 Å². The zero-order valence-electron chi connectivity index (χ0n) is 15.3. The van der Waals surface area contributed by atoms with E-state index in [0.29, 0.717) is 22.1 Å². The summed E-state index contributed by atoms with van der Waals surface area (Å²) >= 11 is 5.96. The van der Waals surface area contributed by atoms with Crippen LogP contribution in [0.2, 0.25) is 5.02 Å². The van der Waals surface area contributed by atoms with Crippen LogP contribution in [0.25, 0.3) is 0 Å². The molecule has 5 rings (SSSR count). The Morgan fingerprint density at radius 3 is 1.86 bits per heavy atom. The van der Waals surface area contributed by atoms with Crippen LogP contribution in [0.4, 0.5) is 0 Å². The number of carbonyl (C=O) groups is 1. The molecule has 2 aliphatic heterocycles. The molecule has 1 saturated heterocycles. The van der Waals surface area contributed by atoms with Crippen molar-refractivity contribution < 1.29 is 24.1 Å². The van der Waals surface area contributed by atoms with E-state index in [2.05, 4.69) is 0 Å². The molecule has 0 saturated carbocycles. The lowest BCUT2D eigenvalue weighted by Crippen LogP contribution is -2.55. The van der Waals surface area contributed by atoms with Crippen molar-refractivity contribution in [2.24, 2.45) is 0 Å². The van der Waals surface area contributed by atoms with Gasteiger partial charge in [0.25, 0.3) is 5.79 Å². The quantitative estimate of drug-likeness (QED) is 0.664. The monoisotopic (exact) mass is 408 g/mol. The van der Waals surface area contributed by atoms with E-state index >= 15 is 0 Å². The minimum Gasteiger partial charge on any atom is -0.477 e. The van der Waals surface area contributed by atoms with Gasteiger partial charge in [0.15, 0.2) is 0 Å². The highest BCUT2D eigenvalue weighted by Crippen LogP contribution is 2.51. The van der Waals surface area contributed by atoms with Gasteiger partial charge in [0.1, 0.15) is 11.5 Å². The third-order valence-electron chi connectivity index (χ3n) is 5.57. The molecule has 3 aromatic carbocycles. The summed E-state index contributed by atoms with van der Waals surface area (Å²) in [5.41, 5.74) is 1.54. The lowest BCUT2D eigenvalue weighted by Gasteiger charge is -2.47. The molecule has 5 nitrogen and oxygen atoms in total. The number of benzene rings is 3. The number of para-hydroxylation sites is 2. The highest BCUT2D eigenvalue weighted by molar-refractivity contribution is 6.30. The number of fused-ring (bicyclic) bond motifs is 4. The van der Waals surface area contributed by atoms with E-state index in [1.165, 1.54) is 0 Å². The Morgan fingerprint density at radius 2 is 1.34 bits per heavy atom. The highest BCUT2D eigenvalue weighted by Gasteiger charge is 2.54. The molecule has 1 fully saturated rings. The summed E-state index contributed by atoms with van der Waals surface area (Å²) in [5, 5.41) is 10.5. The van der Waals surface area contributed by atoms with Crippen molar-refractivity contribution in [1.82, 2.24) is 0 Å². The molecule has 0 atom stereocenters. The van der Waals surface area contributed by atoms with Crippen LogP contribution in [0.3, 0.4) is 0 Å². The number of hydrogen-bond donors (Lipinski definition) is 1. The van der Waals surface area contributed by atoms with Gasteiger partial charge in [-0.2, -0.15) is 0 Å². The number of carboxylic acids is 1. The number of hydrogen-bond acceptors (Lipinski definition) is 4. The standard InChI is InChI=1S/C23H17ClO5/c24-16-11-9-15(10-12-16)23(21(25)26)27-13-22(14-28-23)17-5-1-3-7-19(17)29-20-8-4-2-6-18(20)22/h1-12H,13-14H2,(H,25,26). The molecule has 0 radical (unpaired) electrons. The molecule has 2 aliphatic rings. The Kier molecular flexibility index (Phi) is 4.13. The van der Waals surface area contributed by atoms with Crippen molar-refractivity contribution in [3.05, 3.63) is 94.5 Å². The van der Waals surface area contributed by atoms with Crippen LogP contribution < -0.4 is 4.74 Å². The fourth-order valence-corrected chi connectivity index (χ4v) is 4.22. The van der Waals surface area contributed by atoms with Crippen LogP contribution in [-0.4, -0.2) is 24.3 Å². The van der Waals surface area contributed by atoms with Gasteiger partial charge in [-0.15, -0.1) is 0 Å². The zero-order chi connectivity index (χ0) is 20.1. The molecule has 0 unspecified atom stereocenters. The second-order valence-electron chi connectivity index (χ2n) is 7.18. The summed E-state index contributed by atoms with van der Waals surface area (Å²) in [6, 6.07) is 21.8. The van der Waals surface area contributed by atoms with Gasteiger partial charge in [-0.25, -0.2) is 4.79 Å². The van der Waals surface area contributed by atoms with Crippen molar-refractivity contribution in [3.8, 4) is 11.5 Å². The molecule has 146 valence electrons. The third-order valence-corrected chi connectivity index (χ3v) is 5.83. The molecule has 0 bridgehead atoms. The van der Waals surface area contributed by atoms with Crippen molar-refractivity contribution >= 4 is 17.6 Å². The number of carboxylic acid groups (broad SMARTS) is 1. The van der Waals surface area contributed by atoms with E-state index in [0.717, 1.165) is 11.1 Å². The Bertz CT molecular complexity index is 1040. The topological polar surface area (TPSA) is 65.0 Å². The van der Waals surface area contributed by atoms with Gasteiger partial charge in [-0.3, -0.25) is 0 Å². The van der Waals surface area contributed by atoms with Gasteiger partial charge in [-0.05, 0) is 24.3 Å². The molecule has 3 aromatic rings. The predicted molar refractivity (Wildman–Crippen MR) is 106 cm³/mol. The van der Waals surface area contributed by atoms with Gasteiger partial charge in [0.05, 0.1) is 18.6 Å². The van der Waals surface area contributed by atoms with Crippen molar-refractivity contribution in [2.75, 3.05) is 13.2 Å². The molecule has 1 spiro atoms. The number of halogens is 1. The summed E-state index contributed by atoms with van der Waals surface area (Å²) in [6.45, 7) is 0.249. The molecule has 1 N–H and O–H groups in total. The normalized spacial score (nSPS) is 18.4. The molecule has 0 aromatic heterocycles. The highest BCUT2D eigenvalue weighted by atomic mass is 35.5. The predicted octanol–water partition coefficient (Wildman–Crippen LogP) is 4.72. The van der Waals surface area contributed by atoms with Gasteiger partial charge in [0.2, 0.25) is 0 Å². The Hall–Kier alpha value is -2.86. The summed E-state index contributed by atoms with van der Waals surface area (Å²) < 4.78 is 18.1. The average Bonchev–Trinajstić information content (AvgIpc) is 2.75. The first-order valence-electron chi connectivity index (χ1n) is 9.19. The van der Waals surface area contributed by atoms with E-state index in [1.807, 2.05) is 48.5 Å². The van der Waals surface area contributed by atoms with Gasteiger partial charge >= 0.3 is 5.97 Å². The maximum Gasteiger partial charge on any atom is 0.369 e. The molecule has 29 heavy (non-hydrogen) atoms. The fraction of sp³-hybridized carbons (Fsp3) is 0.174. The zero-order valence-corrected chi connectivity index (χ0v) is 16.1. The maximum atomic E-state index is 12.2. The lowest BCUT2D eigenvalue weighted by atomic mass is 9.72. The average molecular weight is 409 g/mol. The summed E-state index contributed by atoms with van der Waals surface area (Å²) in [5.74, 6) is -1.67. The molecule has 6 heteroatoms. The lowest BCUT2D eigenvalue weighted by molar-refractivity contribution is -0.288. The first-order valence-corrected chi connectivity index (χ1v) is 9.57. The molecular weight excluding hydrogens is 392 g/mol. The van der Waals surface area contributed by atoms with Gasteiger partial charge in [-0.1, -0.05) is 60.1 Å². The Morgan fingerprint density at radius 1 is 0.828 bits per heavy atom. The van der Waals surface area contributed by atoms with Crippen LogP contribution in [-0.2, 0) is 25.5 Å². The van der Waals surface area contributed by atoms with E-state index in [1.54, 1.807) is 24.3 Å². The van der Waals surface area contributed by atoms with Crippen molar-refractivity contribution in [2.45, 2.75) is 11.2 Å². The van der Waals surface area contributed by atoms with E-state index in [4.69, 9.17) is 25.8 Å². The maximum absolute atomic E-state index is 12.2. The van der Waals surface area contributed by atoms with Gasteiger partial charge < -0.3 is 19.3 Å². The van der Waals surface area contributed by atoms with Crippen LogP contribution in [0, 0.1) is 0 Å². The Balaban J connectivity index is 1.60. The SMILES string of the molecule is O=C(O)C1(c2ccc(Cl)cc2)OCC2(CO1)c1ccccc1Oc1ccccc12. The fourth-order valence-electron chi connectivity index (χ4n) is 4.09. The second kappa shape index (κ2) is 6.59. The molecular formula is C23H17ClO5. The van der Waals surface area contributed by atoms with Gasteiger partial charge in [0, 0.05) is 21.7 Å². The van der Waals surface area contributed by atoms with Crippen molar-refractivity contribution in [1.29, 1.82) is 0 Å². The van der Waals surface area contributed by atoms with E-state index < -0.39 is 17.2 Å². The molecule has 0 aliphatic carbocycles. The number of ether oxygens (including phenoxy) is 3. The largest absolute Gasteiger partial charge is 0.477 e. The first kappa shape index (κ1) is 18.2. The van der Waals surface area contributed by atoms with Crippen molar-refractivity contribution in [3.63, 3.8) is 0 Å². The minimum atomic E-state index is -1.89. The summed E-state index contributed by atoms with van der Waals surface area (Å²) in [7, 11) is 0. The Labute approximate surface area is 172 Å². The number of aliphatic carboxylic acids is 1. The third kappa shape index (κ3) is 2.66. The number of rotatable bonds is 2. The first-order chi connectivity index (χ1) is 14.1. The smallest absolute Gasteiger partial charge is 0.369 e.